The van der Waals surface area contributed by atoms with E-state index < -0.39 is 0 Å². The van der Waals surface area contributed by atoms with Gasteiger partial charge in [0.15, 0.2) is 0 Å². The summed E-state index contributed by atoms with van der Waals surface area (Å²) in [6.45, 7) is 0.783. The molecule has 0 amide bonds. The fourth-order valence-corrected chi connectivity index (χ4v) is 2.16. The van der Waals surface area contributed by atoms with Crippen molar-refractivity contribution in [3.8, 4) is 5.75 Å². The Morgan fingerprint density at radius 2 is 2.15 bits per heavy atom. The van der Waals surface area contributed by atoms with Crippen molar-refractivity contribution in [3.05, 3.63) is 48.7 Å². The summed E-state index contributed by atoms with van der Waals surface area (Å²) in [6, 6.07) is 7.96. The highest BCUT2D eigenvalue weighted by molar-refractivity contribution is 5.92. The number of benzene rings is 1. The van der Waals surface area contributed by atoms with E-state index in [4.69, 9.17) is 4.74 Å². The van der Waals surface area contributed by atoms with E-state index in [0.29, 0.717) is 0 Å². The van der Waals surface area contributed by atoms with Crippen LogP contribution in [0.2, 0.25) is 0 Å². The Bertz CT molecular complexity index is 694. The standard InChI is InChI=1S/C15H16N4O/c1-20-12-2-3-13-11(10-12)4-6-18-15(13)19-7-5-14-16-8-9-17-14/h2-4,6,8-10H,5,7H2,1H3,(H,16,17)(H,18,19). The first-order chi connectivity index (χ1) is 9.86. The Morgan fingerprint density at radius 1 is 1.20 bits per heavy atom. The van der Waals surface area contributed by atoms with Crippen LogP contribution in [0.3, 0.4) is 0 Å². The van der Waals surface area contributed by atoms with Gasteiger partial charge in [0.05, 0.1) is 7.11 Å². The highest BCUT2D eigenvalue weighted by atomic mass is 16.5. The van der Waals surface area contributed by atoms with E-state index in [1.54, 1.807) is 19.5 Å². The van der Waals surface area contributed by atoms with Crippen LogP contribution in [0.4, 0.5) is 5.82 Å². The fraction of sp³-hybridized carbons (Fsp3) is 0.200. The van der Waals surface area contributed by atoms with Crippen molar-refractivity contribution in [3.63, 3.8) is 0 Å². The van der Waals surface area contributed by atoms with Crippen molar-refractivity contribution < 1.29 is 4.74 Å². The van der Waals surface area contributed by atoms with Crippen LogP contribution in [0.1, 0.15) is 5.82 Å². The van der Waals surface area contributed by atoms with E-state index >= 15 is 0 Å². The minimum Gasteiger partial charge on any atom is -0.497 e. The molecule has 2 aromatic heterocycles. The molecule has 0 saturated heterocycles. The average molecular weight is 268 g/mol. The number of fused-ring (bicyclic) bond motifs is 1. The molecule has 5 nitrogen and oxygen atoms in total. The second-order valence-electron chi connectivity index (χ2n) is 4.46. The Kier molecular flexibility index (Phi) is 3.50. The molecule has 0 bridgehead atoms. The van der Waals surface area contributed by atoms with Gasteiger partial charge < -0.3 is 15.0 Å². The second kappa shape index (κ2) is 5.61. The summed E-state index contributed by atoms with van der Waals surface area (Å²) in [7, 11) is 1.67. The molecule has 0 aliphatic rings. The van der Waals surface area contributed by atoms with E-state index in [-0.39, 0.29) is 0 Å². The van der Waals surface area contributed by atoms with E-state index in [0.717, 1.165) is 41.1 Å². The van der Waals surface area contributed by atoms with Crippen molar-refractivity contribution >= 4 is 16.6 Å². The van der Waals surface area contributed by atoms with Gasteiger partial charge in [-0.25, -0.2) is 9.97 Å². The van der Waals surface area contributed by atoms with Crippen LogP contribution < -0.4 is 10.1 Å². The van der Waals surface area contributed by atoms with Crippen LogP contribution in [0.5, 0.6) is 5.75 Å². The monoisotopic (exact) mass is 268 g/mol. The Morgan fingerprint density at radius 3 is 2.95 bits per heavy atom. The third kappa shape index (κ3) is 2.56. The highest BCUT2D eigenvalue weighted by Crippen LogP contribution is 2.25. The lowest BCUT2D eigenvalue weighted by Gasteiger charge is -2.09. The Labute approximate surface area is 117 Å². The van der Waals surface area contributed by atoms with E-state index in [9.17, 15) is 0 Å². The number of aromatic nitrogens is 3. The van der Waals surface area contributed by atoms with Gasteiger partial charge in [0.25, 0.3) is 0 Å². The molecule has 0 atom stereocenters. The highest BCUT2D eigenvalue weighted by Gasteiger charge is 2.03. The van der Waals surface area contributed by atoms with E-state index in [2.05, 4.69) is 20.3 Å². The number of pyridine rings is 1. The number of anilines is 1. The zero-order valence-corrected chi connectivity index (χ0v) is 11.3. The van der Waals surface area contributed by atoms with Crippen molar-refractivity contribution in [1.82, 2.24) is 15.0 Å². The Hall–Kier alpha value is -2.56. The van der Waals surface area contributed by atoms with Crippen LogP contribution in [0.25, 0.3) is 10.8 Å². The molecule has 0 spiro atoms. The molecular formula is C15H16N4O. The van der Waals surface area contributed by atoms with Crippen molar-refractivity contribution in [2.24, 2.45) is 0 Å². The molecule has 5 heteroatoms. The molecule has 0 unspecified atom stereocenters. The topological polar surface area (TPSA) is 62.8 Å². The van der Waals surface area contributed by atoms with Gasteiger partial charge in [0.1, 0.15) is 17.4 Å². The predicted molar refractivity (Wildman–Crippen MR) is 79.1 cm³/mol. The molecule has 0 aliphatic heterocycles. The average Bonchev–Trinajstić information content (AvgIpc) is 3.00. The maximum absolute atomic E-state index is 5.24. The summed E-state index contributed by atoms with van der Waals surface area (Å²) in [5.74, 6) is 2.71. The van der Waals surface area contributed by atoms with Crippen molar-refractivity contribution in [1.29, 1.82) is 0 Å². The zero-order valence-electron chi connectivity index (χ0n) is 11.3. The van der Waals surface area contributed by atoms with Crippen LogP contribution >= 0.6 is 0 Å². The van der Waals surface area contributed by atoms with Crippen molar-refractivity contribution in [2.75, 3.05) is 19.0 Å². The lowest BCUT2D eigenvalue weighted by molar-refractivity contribution is 0.415. The first-order valence-corrected chi connectivity index (χ1v) is 6.52. The van der Waals surface area contributed by atoms with Crippen molar-refractivity contribution in [2.45, 2.75) is 6.42 Å². The smallest absolute Gasteiger partial charge is 0.133 e. The predicted octanol–water partition coefficient (Wildman–Crippen LogP) is 2.62. The molecule has 1 aromatic carbocycles. The second-order valence-corrected chi connectivity index (χ2v) is 4.46. The SMILES string of the molecule is COc1ccc2c(NCCc3ncc[nH]3)nccc2c1. The van der Waals surface area contributed by atoms with Gasteiger partial charge in [-0.1, -0.05) is 0 Å². The minimum atomic E-state index is 0.783. The summed E-state index contributed by atoms with van der Waals surface area (Å²) in [4.78, 5) is 11.7. The molecule has 0 saturated carbocycles. The summed E-state index contributed by atoms with van der Waals surface area (Å²) in [5, 5.41) is 5.55. The first-order valence-electron chi connectivity index (χ1n) is 6.52. The van der Waals surface area contributed by atoms with E-state index in [1.807, 2.05) is 30.5 Å². The molecule has 0 fully saturated rings. The number of ether oxygens (including phenoxy) is 1. The zero-order chi connectivity index (χ0) is 13.8. The summed E-state index contributed by atoms with van der Waals surface area (Å²) in [5.41, 5.74) is 0. The molecular weight excluding hydrogens is 252 g/mol. The maximum atomic E-state index is 5.24. The number of methoxy groups -OCH3 is 1. The number of hydrogen-bond donors (Lipinski definition) is 2. The van der Waals surface area contributed by atoms with Gasteiger partial charge in [0.2, 0.25) is 0 Å². The number of aromatic amines is 1. The summed E-state index contributed by atoms with van der Waals surface area (Å²) < 4.78 is 5.24. The van der Waals surface area contributed by atoms with Gasteiger partial charge in [-0.2, -0.15) is 0 Å². The molecule has 0 radical (unpaired) electrons. The third-order valence-electron chi connectivity index (χ3n) is 3.18. The minimum absolute atomic E-state index is 0.783. The molecule has 20 heavy (non-hydrogen) atoms. The molecule has 102 valence electrons. The van der Waals surface area contributed by atoms with Gasteiger partial charge in [0, 0.05) is 36.9 Å². The largest absolute Gasteiger partial charge is 0.497 e. The van der Waals surface area contributed by atoms with Crippen LogP contribution in [0.15, 0.2) is 42.9 Å². The van der Waals surface area contributed by atoms with Gasteiger partial charge in [-0.05, 0) is 29.7 Å². The van der Waals surface area contributed by atoms with Gasteiger partial charge in [-0.15, -0.1) is 0 Å². The van der Waals surface area contributed by atoms with Crippen LogP contribution in [0, 0.1) is 0 Å². The van der Waals surface area contributed by atoms with Crippen LogP contribution in [-0.2, 0) is 6.42 Å². The quantitative estimate of drug-likeness (QED) is 0.746. The summed E-state index contributed by atoms with van der Waals surface area (Å²) in [6.07, 6.45) is 6.23. The number of hydrogen-bond acceptors (Lipinski definition) is 4. The number of imidazole rings is 1. The number of nitrogens with one attached hydrogen (secondary N) is 2. The number of rotatable bonds is 5. The molecule has 2 heterocycles. The third-order valence-corrected chi connectivity index (χ3v) is 3.18. The summed E-state index contributed by atoms with van der Waals surface area (Å²) >= 11 is 0. The molecule has 2 N–H and O–H groups in total. The number of nitrogens with zero attached hydrogens (tertiary/aromatic N) is 2. The molecule has 0 aliphatic carbocycles. The molecule has 3 rings (SSSR count). The lowest BCUT2D eigenvalue weighted by Crippen LogP contribution is -2.07. The molecule has 3 aromatic rings. The van der Waals surface area contributed by atoms with Gasteiger partial charge >= 0.3 is 0 Å². The Balaban J connectivity index is 1.77. The fourth-order valence-electron chi connectivity index (χ4n) is 2.16. The lowest BCUT2D eigenvalue weighted by atomic mass is 10.1. The van der Waals surface area contributed by atoms with Gasteiger partial charge in [-0.3, -0.25) is 0 Å². The maximum Gasteiger partial charge on any atom is 0.133 e. The normalized spacial score (nSPS) is 10.7. The first kappa shape index (κ1) is 12.5. The van der Waals surface area contributed by atoms with E-state index in [1.165, 1.54) is 0 Å². The van der Waals surface area contributed by atoms with Crippen LogP contribution in [-0.4, -0.2) is 28.6 Å². The number of H-pyrrole nitrogens is 1.